The lowest BCUT2D eigenvalue weighted by atomic mass is 9.89. The lowest BCUT2D eigenvalue weighted by Gasteiger charge is -2.28. The van der Waals surface area contributed by atoms with Crippen LogP contribution in [0, 0.1) is 6.92 Å². The first-order valence-corrected chi connectivity index (χ1v) is 9.16. The van der Waals surface area contributed by atoms with Crippen LogP contribution in [-0.2, 0) is 9.53 Å². The van der Waals surface area contributed by atoms with Crippen LogP contribution in [0.3, 0.4) is 0 Å². The van der Waals surface area contributed by atoms with E-state index in [4.69, 9.17) is 9.47 Å². The van der Waals surface area contributed by atoms with E-state index in [0.717, 1.165) is 5.56 Å². The van der Waals surface area contributed by atoms with Crippen molar-refractivity contribution in [1.82, 2.24) is 20.2 Å². The highest BCUT2D eigenvalue weighted by Crippen LogP contribution is 2.37. The van der Waals surface area contributed by atoms with Gasteiger partial charge in [0.05, 0.1) is 19.8 Å². The van der Waals surface area contributed by atoms with Crippen LogP contribution < -0.4 is 10.1 Å². The van der Waals surface area contributed by atoms with Gasteiger partial charge in [-0.2, -0.15) is 4.68 Å². The Bertz CT molecular complexity index is 1130. The highest BCUT2D eigenvalue weighted by molar-refractivity contribution is 6.14. The van der Waals surface area contributed by atoms with Gasteiger partial charge in [-0.05, 0) is 35.0 Å². The first-order valence-electron chi connectivity index (χ1n) is 9.16. The Labute approximate surface area is 172 Å². The number of rotatable bonds is 5. The third kappa shape index (κ3) is 3.30. The largest absolute Gasteiger partial charge is 0.497 e. The van der Waals surface area contributed by atoms with E-state index >= 15 is 0 Å². The minimum Gasteiger partial charge on any atom is -0.497 e. The third-order valence-electron chi connectivity index (χ3n) is 4.90. The van der Waals surface area contributed by atoms with E-state index in [1.54, 1.807) is 43.5 Å². The molecule has 2 heterocycles. The molecule has 0 spiro atoms. The maximum absolute atomic E-state index is 13.6. The molecule has 0 amide bonds. The highest BCUT2D eigenvalue weighted by atomic mass is 16.5. The number of allylic oxidation sites excluding steroid dienone is 1. The Morgan fingerprint density at radius 3 is 2.37 bits per heavy atom. The molecule has 0 bridgehead atoms. The van der Waals surface area contributed by atoms with Gasteiger partial charge in [0, 0.05) is 5.56 Å². The number of nitrogens with zero attached hydrogens (tertiary/aromatic N) is 4. The fourth-order valence-corrected chi connectivity index (χ4v) is 3.34. The van der Waals surface area contributed by atoms with Crippen LogP contribution in [0.5, 0.6) is 5.75 Å². The predicted octanol–water partition coefficient (Wildman–Crippen LogP) is 2.32. The normalized spacial score (nSPS) is 15.2. The summed E-state index contributed by atoms with van der Waals surface area (Å²) in [6, 6.07) is 13.5. The Hall–Kier alpha value is -4.01. The number of ether oxygens (including phenoxy) is 2. The number of aryl methyl sites for hydroxylation is 1. The average Bonchev–Trinajstić information content (AvgIpc) is 3.26. The summed E-state index contributed by atoms with van der Waals surface area (Å²) in [5, 5.41) is 14.5. The summed E-state index contributed by atoms with van der Waals surface area (Å²) in [5.41, 5.74) is 2.36. The molecule has 1 N–H and O–H groups in total. The molecule has 1 unspecified atom stereocenters. The molecule has 0 saturated heterocycles. The second-order valence-corrected chi connectivity index (χ2v) is 6.72. The number of tetrazole rings is 1. The van der Waals surface area contributed by atoms with Crippen molar-refractivity contribution in [2.24, 2.45) is 0 Å². The fourth-order valence-electron chi connectivity index (χ4n) is 3.34. The first kappa shape index (κ1) is 19.3. The number of anilines is 1. The Morgan fingerprint density at radius 2 is 1.73 bits per heavy atom. The number of ketones is 1. The van der Waals surface area contributed by atoms with Crippen LogP contribution >= 0.6 is 0 Å². The Balaban J connectivity index is 1.92. The van der Waals surface area contributed by atoms with Crippen molar-refractivity contribution in [2.75, 3.05) is 19.5 Å². The number of carbonyl (C=O) groups excluding carboxylic acids is 2. The second-order valence-electron chi connectivity index (χ2n) is 6.72. The van der Waals surface area contributed by atoms with Gasteiger partial charge in [0.2, 0.25) is 5.95 Å². The van der Waals surface area contributed by atoms with Gasteiger partial charge in [-0.3, -0.25) is 4.79 Å². The van der Waals surface area contributed by atoms with Crippen LogP contribution in [0.1, 0.15) is 27.5 Å². The monoisotopic (exact) mass is 405 g/mol. The van der Waals surface area contributed by atoms with Crippen molar-refractivity contribution in [3.05, 3.63) is 76.5 Å². The van der Waals surface area contributed by atoms with Crippen molar-refractivity contribution in [3.63, 3.8) is 0 Å². The van der Waals surface area contributed by atoms with Gasteiger partial charge in [-0.1, -0.05) is 47.1 Å². The zero-order chi connectivity index (χ0) is 21.3. The van der Waals surface area contributed by atoms with Gasteiger partial charge < -0.3 is 14.8 Å². The minimum atomic E-state index is -0.731. The summed E-state index contributed by atoms with van der Waals surface area (Å²) < 4.78 is 11.6. The van der Waals surface area contributed by atoms with Gasteiger partial charge in [-0.15, -0.1) is 0 Å². The molecule has 30 heavy (non-hydrogen) atoms. The lowest BCUT2D eigenvalue weighted by Crippen LogP contribution is -2.32. The molecule has 0 radical (unpaired) electrons. The van der Waals surface area contributed by atoms with Gasteiger partial charge in [-0.25, -0.2) is 4.79 Å². The maximum Gasteiger partial charge on any atom is 0.355 e. The molecule has 0 aliphatic carbocycles. The first-order chi connectivity index (χ1) is 14.5. The number of Topliss-reactive ketones (excluding diaryl/α,β-unsaturated/α-hetero) is 1. The van der Waals surface area contributed by atoms with Gasteiger partial charge in [0.25, 0.3) is 0 Å². The summed E-state index contributed by atoms with van der Waals surface area (Å²) >= 11 is 0. The number of benzene rings is 2. The molecule has 4 rings (SSSR count). The molecule has 0 fully saturated rings. The number of hydrogen-bond acceptors (Lipinski definition) is 8. The van der Waals surface area contributed by atoms with E-state index in [9.17, 15) is 9.59 Å². The molecule has 1 aliphatic rings. The molecule has 152 valence electrons. The number of fused-ring (bicyclic) bond motifs is 1. The minimum absolute atomic E-state index is 0.00573. The van der Waals surface area contributed by atoms with Crippen LogP contribution in [0.4, 0.5) is 5.95 Å². The van der Waals surface area contributed by atoms with Crippen molar-refractivity contribution in [3.8, 4) is 5.75 Å². The summed E-state index contributed by atoms with van der Waals surface area (Å²) in [6.07, 6.45) is 0. The molecule has 2 aromatic carbocycles. The van der Waals surface area contributed by atoms with Gasteiger partial charge in [0.15, 0.2) is 5.78 Å². The van der Waals surface area contributed by atoms with Crippen LogP contribution in [0.2, 0.25) is 0 Å². The highest BCUT2D eigenvalue weighted by Gasteiger charge is 2.38. The van der Waals surface area contributed by atoms with Crippen LogP contribution in [0.15, 0.2) is 59.8 Å². The lowest BCUT2D eigenvalue weighted by molar-refractivity contribution is -0.136. The standard InChI is InChI=1S/C21H19N5O4/c1-12-4-6-14(7-5-12)19(27)16-17(20(28)30-3)22-21-23-24-25-26(21)18(16)13-8-10-15(29-2)11-9-13/h4-11,18H,1-3H3,(H,22,23,25). The molecule has 1 aromatic heterocycles. The van der Waals surface area contributed by atoms with Crippen LogP contribution in [0.25, 0.3) is 0 Å². The summed E-state index contributed by atoms with van der Waals surface area (Å²) in [4.78, 5) is 26.2. The smallest absolute Gasteiger partial charge is 0.355 e. The second kappa shape index (κ2) is 7.78. The van der Waals surface area contributed by atoms with E-state index in [-0.39, 0.29) is 23.0 Å². The fraction of sp³-hybridized carbons (Fsp3) is 0.190. The Kier molecular flexibility index (Phi) is 5.01. The number of esters is 1. The number of aromatic nitrogens is 4. The summed E-state index contributed by atoms with van der Waals surface area (Å²) in [7, 11) is 2.82. The molecule has 3 aromatic rings. The average molecular weight is 405 g/mol. The zero-order valence-corrected chi connectivity index (χ0v) is 16.6. The van der Waals surface area contributed by atoms with E-state index in [1.807, 2.05) is 19.1 Å². The number of nitrogens with one attached hydrogen (secondary N) is 1. The van der Waals surface area contributed by atoms with Gasteiger partial charge in [0.1, 0.15) is 17.5 Å². The Morgan fingerprint density at radius 1 is 1.03 bits per heavy atom. The topological polar surface area (TPSA) is 108 Å². The molecule has 0 saturated carbocycles. The number of methoxy groups -OCH3 is 2. The van der Waals surface area contributed by atoms with Crippen molar-refractivity contribution in [2.45, 2.75) is 13.0 Å². The van der Waals surface area contributed by atoms with E-state index < -0.39 is 12.0 Å². The molecule has 9 heteroatoms. The van der Waals surface area contributed by atoms with Gasteiger partial charge >= 0.3 is 5.97 Å². The summed E-state index contributed by atoms with van der Waals surface area (Å²) in [6.45, 7) is 1.93. The molecule has 1 aliphatic heterocycles. The van der Waals surface area contributed by atoms with E-state index in [0.29, 0.717) is 16.9 Å². The molecule has 9 nitrogen and oxygen atoms in total. The van der Waals surface area contributed by atoms with E-state index in [1.165, 1.54) is 11.8 Å². The number of carbonyl (C=O) groups is 2. The maximum atomic E-state index is 13.6. The van der Waals surface area contributed by atoms with Crippen molar-refractivity contribution < 1.29 is 19.1 Å². The quantitative estimate of drug-likeness (QED) is 0.509. The molecular formula is C21H19N5O4. The molecular weight excluding hydrogens is 386 g/mol. The third-order valence-corrected chi connectivity index (χ3v) is 4.90. The van der Waals surface area contributed by atoms with E-state index in [2.05, 4.69) is 20.8 Å². The SMILES string of the molecule is COC(=O)C1=C(C(=O)c2ccc(C)cc2)C(c2ccc(OC)cc2)n2nnnc2N1. The van der Waals surface area contributed by atoms with Crippen LogP contribution in [-0.4, -0.2) is 46.2 Å². The predicted molar refractivity (Wildman–Crippen MR) is 107 cm³/mol. The summed E-state index contributed by atoms with van der Waals surface area (Å²) in [5.74, 6) is -0.118. The van der Waals surface area contributed by atoms with Crippen molar-refractivity contribution >= 4 is 17.7 Å². The zero-order valence-electron chi connectivity index (χ0n) is 16.6. The number of hydrogen-bond donors (Lipinski definition) is 1. The van der Waals surface area contributed by atoms with Crippen molar-refractivity contribution in [1.29, 1.82) is 0 Å². The molecule has 1 atom stereocenters.